The lowest BCUT2D eigenvalue weighted by molar-refractivity contribution is 0.0929. The number of hydrogen-bond donors (Lipinski definition) is 1. The molecule has 0 saturated heterocycles. The summed E-state index contributed by atoms with van der Waals surface area (Å²) < 4.78 is 11.1. The largest absolute Gasteiger partial charge is 0.493 e. The Bertz CT molecular complexity index is 554. The smallest absolute Gasteiger partial charge is 0.251 e. The Morgan fingerprint density at radius 1 is 1.24 bits per heavy atom. The van der Waals surface area contributed by atoms with E-state index in [1.807, 2.05) is 14.1 Å². The van der Waals surface area contributed by atoms with Crippen LogP contribution in [-0.2, 0) is 0 Å². The SMILES string of the molecule is COc1cc(C(=O)NCC(C)(C)CN(C)C)ccc1OCCC(C)C. The molecule has 1 amide bonds. The summed E-state index contributed by atoms with van der Waals surface area (Å²) in [5.74, 6) is 1.75. The summed E-state index contributed by atoms with van der Waals surface area (Å²) >= 11 is 0. The molecule has 0 aliphatic carbocycles. The molecule has 1 aromatic rings. The maximum absolute atomic E-state index is 12.4. The molecule has 0 aliphatic rings. The van der Waals surface area contributed by atoms with Crippen molar-refractivity contribution < 1.29 is 14.3 Å². The monoisotopic (exact) mass is 350 g/mol. The third-order valence-corrected chi connectivity index (χ3v) is 3.85. The van der Waals surface area contributed by atoms with Gasteiger partial charge < -0.3 is 19.7 Å². The van der Waals surface area contributed by atoms with Gasteiger partial charge in [-0.3, -0.25) is 4.79 Å². The lowest BCUT2D eigenvalue weighted by Gasteiger charge is -2.28. The predicted octanol–water partition coefficient (Wildman–Crippen LogP) is 3.44. The first-order chi connectivity index (χ1) is 11.6. The predicted molar refractivity (Wildman–Crippen MR) is 103 cm³/mol. The molecule has 142 valence electrons. The summed E-state index contributed by atoms with van der Waals surface area (Å²) in [5.41, 5.74) is 0.581. The van der Waals surface area contributed by atoms with Crippen molar-refractivity contribution in [3.05, 3.63) is 23.8 Å². The number of ether oxygens (including phenoxy) is 2. The molecule has 5 heteroatoms. The van der Waals surface area contributed by atoms with Gasteiger partial charge in [0.25, 0.3) is 5.91 Å². The molecule has 0 atom stereocenters. The zero-order valence-corrected chi connectivity index (χ0v) is 16.8. The van der Waals surface area contributed by atoms with Crippen molar-refractivity contribution in [1.82, 2.24) is 10.2 Å². The van der Waals surface area contributed by atoms with Crippen LogP contribution in [0.15, 0.2) is 18.2 Å². The van der Waals surface area contributed by atoms with Crippen LogP contribution >= 0.6 is 0 Å². The summed E-state index contributed by atoms with van der Waals surface area (Å²) in [5, 5.41) is 3.01. The minimum Gasteiger partial charge on any atom is -0.493 e. The highest BCUT2D eigenvalue weighted by Gasteiger charge is 2.20. The van der Waals surface area contributed by atoms with Crippen LogP contribution in [-0.4, -0.2) is 51.7 Å². The fourth-order valence-corrected chi connectivity index (χ4v) is 2.67. The molecule has 25 heavy (non-hydrogen) atoms. The summed E-state index contributed by atoms with van der Waals surface area (Å²) in [6.45, 7) is 10.7. The van der Waals surface area contributed by atoms with Crippen LogP contribution in [0, 0.1) is 11.3 Å². The minimum absolute atomic E-state index is 0.00312. The fourth-order valence-electron chi connectivity index (χ4n) is 2.67. The maximum atomic E-state index is 12.4. The van der Waals surface area contributed by atoms with Crippen LogP contribution in [0.5, 0.6) is 11.5 Å². The highest BCUT2D eigenvalue weighted by Crippen LogP contribution is 2.28. The molecule has 0 aliphatic heterocycles. The van der Waals surface area contributed by atoms with Crippen molar-refractivity contribution >= 4 is 5.91 Å². The Kier molecular flexibility index (Phi) is 8.23. The van der Waals surface area contributed by atoms with Crippen molar-refractivity contribution in [3.63, 3.8) is 0 Å². The van der Waals surface area contributed by atoms with Crippen molar-refractivity contribution in [2.45, 2.75) is 34.1 Å². The number of hydrogen-bond acceptors (Lipinski definition) is 4. The van der Waals surface area contributed by atoms with E-state index in [9.17, 15) is 4.79 Å². The van der Waals surface area contributed by atoms with E-state index in [4.69, 9.17) is 9.47 Å². The van der Waals surface area contributed by atoms with Gasteiger partial charge in [0.2, 0.25) is 0 Å². The molecular weight excluding hydrogens is 316 g/mol. The van der Waals surface area contributed by atoms with E-state index in [1.54, 1.807) is 25.3 Å². The molecule has 5 nitrogen and oxygen atoms in total. The Morgan fingerprint density at radius 2 is 1.92 bits per heavy atom. The minimum atomic E-state index is -0.0983. The number of rotatable bonds is 10. The number of amides is 1. The number of benzene rings is 1. The van der Waals surface area contributed by atoms with Gasteiger partial charge in [0.05, 0.1) is 13.7 Å². The van der Waals surface area contributed by atoms with Gasteiger partial charge in [0, 0.05) is 18.7 Å². The average Bonchev–Trinajstić information content (AvgIpc) is 2.51. The van der Waals surface area contributed by atoms with Gasteiger partial charge in [-0.15, -0.1) is 0 Å². The van der Waals surface area contributed by atoms with Gasteiger partial charge in [-0.05, 0) is 50.0 Å². The fraction of sp³-hybridized carbons (Fsp3) is 0.650. The van der Waals surface area contributed by atoms with Crippen molar-refractivity contribution in [2.75, 3.05) is 40.9 Å². The Balaban J connectivity index is 2.70. The van der Waals surface area contributed by atoms with Gasteiger partial charge in [-0.2, -0.15) is 0 Å². The highest BCUT2D eigenvalue weighted by atomic mass is 16.5. The normalized spacial score (nSPS) is 11.7. The molecule has 0 aromatic heterocycles. The van der Waals surface area contributed by atoms with Gasteiger partial charge in [-0.1, -0.05) is 27.7 Å². The number of carbonyl (C=O) groups excluding carboxylic acids is 1. The summed E-state index contributed by atoms with van der Waals surface area (Å²) in [6.07, 6.45) is 0.979. The summed E-state index contributed by atoms with van der Waals surface area (Å²) in [6, 6.07) is 5.32. The van der Waals surface area contributed by atoms with Gasteiger partial charge >= 0.3 is 0 Å². The highest BCUT2D eigenvalue weighted by molar-refractivity contribution is 5.94. The van der Waals surface area contributed by atoms with Gasteiger partial charge in [0.1, 0.15) is 0 Å². The lowest BCUT2D eigenvalue weighted by Crippen LogP contribution is -2.39. The first-order valence-electron chi connectivity index (χ1n) is 8.88. The first-order valence-corrected chi connectivity index (χ1v) is 8.88. The molecule has 0 heterocycles. The van der Waals surface area contributed by atoms with Crippen LogP contribution in [0.2, 0.25) is 0 Å². The zero-order chi connectivity index (χ0) is 19.0. The number of methoxy groups -OCH3 is 1. The van der Waals surface area contributed by atoms with E-state index in [2.05, 4.69) is 37.9 Å². The molecule has 1 aromatic carbocycles. The summed E-state index contributed by atoms with van der Waals surface area (Å²) in [7, 11) is 5.66. The molecule has 0 unspecified atom stereocenters. The second-order valence-electron chi connectivity index (χ2n) is 7.98. The topological polar surface area (TPSA) is 50.8 Å². The molecule has 0 saturated carbocycles. The Labute approximate surface area is 152 Å². The number of carbonyl (C=O) groups is 1. The molecule has 0 spiro atoms. The molecule has 0 radical (unpaired) electrons. The number of nitrogens with zero attached hydrogens (tertiary/aromatic N) is 1. The average molecular weight is 351 g/mol. The summed E-state index contributed by atoms with van der Waals surface area (Å²) in [4.78, 5) is 14.6. The van der Waals surface area contributed by atoms with Gasteiger partial charge in [0.15, 0.2) is 11.5 Å². The lowest BCUT2D eigenvalue weighted by atomic mass is 9.93. The van der Waals surface area contributed by atoms with E-state index in [0.717, 1.165) is 13.0 Å². The second-order valence-corrected chi connectivity index (χ2v) is 7.98. The van der Waals surface area contributed by atoms with Crippen LogP contribution < -0.4 is 14.8 Å². The zero-order valence-electron chi connectivity index (χ0n) is 16.8. The van der Waals surface area contributed by atoms with E-state index in [1.165, 1.54) is 0 Å². The van der Waals surface area contributed by atoms with Crippen LogP contribution in [0.25, 0.3) is 0 Å². The first kappa shape index (κ1) is 21.3. The van der Waals surface area contributed by atoms with Crippen LogP contribution in [0.4, 0.5) is 0 Å². The van der Waals surface area contributed by atoms with E-state index < -0.39 is 0 Å². The second kappa shape index (κ2) is 9.66. The molecule has 0 fully saturated rings. The molecule has 1 rings (SSSR count). The van der Waals surface area contributed by atoms with Crippen molar-refractivity contribution in [2.24, 2.45) is 11.3 Å². The Morgan fingerprint density at radius 3 is 2.48 bits per heavy atom. The number of nitrogens with one attached hydrogen (secondary N) is 1. The Hall–Kier alpha value is -1.75. The van der Waals surface area contributed by atoms with E-state index in [0.29, 0.717) is 36.1 Å². The van der Waals surface area contributed by atoms with Gasteiger partial charge in [-0.25, -0.2) is 0 Å². The maximum Gasteiger partial charge on any atom is 0.251 e. The quantitative estimate of drug-likeness (QED) is 0.702. The molecule has 1 N–H and O–H groups in total. The molecule has 0 bridgehead atoms. The van der Waals surface area contributed by atoms with Crippen LogP contribution in [0.3, 0.4) is 0 Å². The third-order valence-electron chi connectivity index (χ3n) is 3.85. The van der Waals surface area contributed by atoms with E-state index >= 15 is 0 Å². The molecular formula is C20H34N2O3. The standard InChI is InChI=1S/C20H34N2O3/c1-15(2)10-11-25-17-9-8-16(12-18(17)24-7)19(23)21-13-20(3,4)14-22(5)6/h8-9,12,15H,10-11,13-14H2,1-7H3,(H,21,23). The third kappa shape index (κ3) is 7.78. The van der Waals surface area contributed by atoms with Crippen LogP contribution in [0.1, 0.15) is 44.5 Å². The van der Waals surface area contributed by atoms with Crippen molar-refractivity contribution in [3.8, 4) is 11.5 Å². The van der Waals surface area contributed by atoms with E-state index in [-0.39, 0.29) is 11.3 Å². The van der Waals surface area contributed by atoms with Crippen molar-refractivity contribution in [1.29, 1.82) is 0 Å².